The number of sulfonamides is 1. The zero-order valence-corrected chi connectivity index (χ0v) is 14.7. The summed E-state index contributed by atoms with van der Waals surface area (Å²) < 4.78 is 38.1. The molecule has 0 unspecified atom stereocenters. The van der Waals surface area contributed by atoms with Gasteiger partial charge in [-0.05, 0) is 24.0 Å². The summed E-state index contributed by atoms with van der Waals surface area (Å²) in [7, 11) is -3.32. The SMILES string of the molecule is CC(C)CN(CCC(=O)NCCc1ccccc1F)S(C)(=O)=O. The highest BCUT2D eigenvalue weighted by molar-refractivity contribution is 7.88. The van der Waals surface area contributed by atoms with Crippen molar-refractivity contribution in [2.75, 3.05) is 25.9 Å². The molecule has 0 aliphatic heterocycles. The minimum atomic E-state index is -3.32. The van der Waals surface area contributed by atoms with E-state index in [1.54, 1.807) is 18.2 Å². The summed E-state index contributed by atoms with van der Waals surface area (Å²) in [6.45, 7) is 4.71. The third-order valence-electron chi connectivity index (χ3n) is 3.30. The molecule has 7 heteroatoms. The molecule has 0 fully saturated rings. The number of rotatable bonds is 9. The molecule has 1 aromatic rings. The molecule has 0 saturated heterocycles. The van der Waals surface area contributed by atoms with Crippen LogP contribution in [0.4, 0.5) is 4.39 Å². The van der Waals surface area contributed by atoms with Gasteiger partial charge in [0.25, 0.3) is 0 Å². The van der Waals surface area contributed by atoms with Crippen molar-refractivity contribution in [2.24, 2.45) is 5.92 Å². The van der Waals surface area contributed by atoms with Gasteiger partial charge in [-0.1, -0.05) is 32.0 Å². The molecule has 0 aliphatic carbocycles. The van der Waals surface area contributed by atoms with Crippen LogP contribution in [-0.2, 0) is 21.2 Å². The Morgan fingerprint density at radius 3 is 2.52 bits per heavy atom. The van der Waals surface area contributed by atoms with Crippen molar-refractivity contribution >= 4 is 15.9 Å². The van der Waals surface area contributed by atoms with Crippen molar-refractivity contribution in [1.29, 1.82) is 0 Å². The Kier molecular flexibility index (Phi) is 7.64. The van der Waals surface area contributed by atoms with Gasteiger partial charge in [-0.3, -0.25) is 4.79 Å². The summed E-state index contributed by atoms with van der Waals surface area (Å²) in [5.41, 5.74) is 0.547. The topological polar surface area (TPSA) is 66.5 Å². The zero-order valence-electron chi connectivity index (χ0n) is 13.9. The highest BCUT2D eigenvalue weighted by Crippen LogP contribution is 2.07. The molecule has 5 nitrogen and oxygen atoms in total. The predicted octanol–water partition coefficient (Wildman–Crippen LogP) is 1.79. The fourth-order valence-electron chi connectivity index (χ4n) is 2.15. The predicted molar refractivity (Wildman–Crippen MR) is 89.0 cm³/mol. The minimum Gasteiger partial charge on any atom is -0.356 e. The van der Waals surface area contributed by atoms with E-state index >= 15 is 0 Å². The average molecular weight is 344 g/mol. The third-order valence-corrected chi connectivity index (χ3v) is 4.57. The van der Waals surface area contributed by atoms with Crippen LogP contribution in [0.15, 0.2) is 24.3 Å². The number of halogens is 1. The maximum Gasteiger partial charge on any atom is 0.221 e. The fraction of sp³-hybridized carbons (Fsp3) is 0.562. The Balaban J connectivity index is 2.40. The van der Waals surface area contributed by atoms with Gasteiger partial charge in [0.2, 0.25) is 15.9 Å². The molecule has 1 aromatic carbocycles. The summed E-state index contributed by atoms with van der Waals surface area (Å²) in [6, 6.07) is 6.42. The molecule has 0 saturated carbocycles. The van der Waals surface area contributed by atoms with Crippen molar-refractivity contribution < 1.29 is 17.6 Å². The van der Waals surface area contributed by atoms with Gasteiger partial charge in [-0.15, -0.1) is 0 Å². The second-order valence-electron chi connectivity index (χ2n) is 5.96. The normalized spacial score (nSPS) is 11.9. The van der Waals surface area contributed by atoms with Gasteiger partial charge in [0.05, 0.1) is 6.26 Å². The smallest absolute Gasteiger partial charge is 0.221 e. The van der Waals surface area contributed by atoms with Crippen LogP contribution in [0.5, 0.6) is 0 Å². The summed E-state index contributed by atoms with van der Waals surface area (Å²) in [5.74, 6) is -0.338. The van der Waals surface area contributed by atoms with Gasteiger partial charge in [-0.25, -0.2) is 17.1 Å². The number of benzene rings is 1. The van der Waals surface area contributed by atoms with E-state index in [1.165, 1.54) is 10.4 Å². The molecule has 1 amide bonds. The van der Waals surface area contributed by atoms with E-state index in [0.717, 1.165) is 6.26 Å². The van der Waals surface area contributed by atoms with E-state index in [0.29, 0.717) is 25.1 Å². The van der Waals surface area contributed by atoms with Crippen molar-refractivity contribution in [3.8, 4) is 0 Å². The molecule has 1 N–H and O–H groups in total. The van der Waals surface area contributed by atoms with Crippen LogP contribution < -0.4 is 5.32 Å². The van der Waals surface area contributed by atoms with Crippen molar-refractivity contribution in [3.63, 3.8) is 0 Å². The summed E-state index contributed by atoms with van der Waals surface area (Å²) in [6.07, 6.45) is 1.64. The molecular formula is C16H25FN2O3S. The second-order valence-corrected chi connectivity index (χ2v) is 7.94. The standard InChI is InChI=1S/C16H25FN2O3S/c1-13(2)12-19(23(3,21)22)11-9-16(20)18-10-8-14-6-4-5-7-15(14)17/h4-7,13H,8-12H2,1-3H3,(H,18,20). The Morgan fingerprint density at radius 2 is 1.96 bits per heavy atom. The number of hydrogen-bond acceptors (Lipinski definition) is 3. The minimum absolute atomic E-state index is 0.0943. The van der Waals surface area contributed by atoms with Crippen LogP contribution in [0.25, 0.3) is 0 Å². The van der Waals surface area contributed by atoms with Crippen molar-refractivity contribution in [2.45, 2.75) is 26.7 Å². The lowest BCUT2D eigenvalue weighted by atomic mass is 10.1. The molecule has 130 valence electrons. The monoisotopic (exact) mass is 344 g/mol. The molecular weight excluding hydrogens is 319 g/mol. The van der Waals surface area contributed by atoms with Crippen LogP contribution in [0.3, 0.4) is 0 Å². The molecule has 0 heterocycles. The van der Waals surface area contributed by atoms with Gasteiger partial charge < -0.3 is 5.32 Å². The Labute approximate surface area is 137 Å². The van der Waals surface area contributed by atoms with Gasteiger partial charge >= 0.3 is 0 Å². The number of carbonyl (C=O) groups is 1. The summed E-state index contributed by atoms with van der Waals surface area (Å²) in [5, 5.41) is 2.69. The van der Waals surface area contributed by atoms with Gasteiger partial charge in [0.15, 0.2) is 0 Å². The van der Waals surface area contributed by atoms with Crippen LogP contribution in [0.2, 0.25) is 0 Å². The first-order valence-electron chi connectivity index (χ1n) is 7.65. The lowest BCUT2D eigenvalue weighted by Crippen LogP contribution is -2.37. The van der Waals surface area contributed by atoms with Gasteiger partial charge in [0.1, 0.15) is 5.82 Å². The van der Waals surface area contributed by atoms with Crippen LogP contribution in [0.1, 0.15) is 25.8 Å². The van der Waals surface area contributed by atoms with E-state index in [9.17, 15) is 17.6 Å². The Morgan fingerprint density at radius 1 is 1.30 bits per heavy atom. The van der Waals surface area contributed by atoms with Crippen LogP contribution in [-0.4, -0.2) is 44.5 Å². The van der Waals surface area contributed by atoms with E-state index in [1.807, 2.05) is 13.8 Å². The Hall–Kier alpha value is -1.47. The first kappa shape index (κ1) is 19.6. The quantitative estimate of drug-likeness (QED) is 0.743. The third kappa shape index (κ3) is 7.56. The lowest BCUT2D eigenvalue weighted by Gasteiger charge is -2.21. The first-order chi connectivity index (χ1) is 10.7. The number of nitrogens with zero attached hydrogens (tertiary/aromatic N) is 1. The highest BCUT2D eigenvalue weighted by atomic mass is 32.2. The van der Waals surface area contributed by atoms with E-state index in [-0.39, 0.29) is 30.6 Å². The van der Waals surface area contributed by atoms with E-state index in [2.05, 4.69) is 5.32 Å². The molecule has 1 rings (SSSR count). The average Bonchev–Trinajstić information content (AvgIpc) is 2.44. The van der Waals surface area contributed by atoms with Crippen LogP contribution >= 0.6 is 0 Å². The molecule has 0 spiro atoms. The molecule has 0 bridgehead atoms. The number of carbonyl (C=O) groups excluding carboxylic acids is 1. The number of hydrogen-bond donors (Lipinski definition) is 1. The lowest BCUT2D eigenvalue weighted by molar-refractivity contribution is -0.121. The maximum atomic E-state index is 13.4. The number of nitrogens with one attached hydrogen (secondary N) is 1. The number of amides is 1. The van der Waals surface area contributed by atoms with Gasteiger partial charge in [-0.2, -0.15) is 0 Å². The molecule has 0 aromatic heterocycles. The largest absolute Gasteiger partial charge is 0.356 e. The Bertz CT molecular complexity index is 618. The van der Waals surface area contributed by atoms with Crippen molar-refractivity contribution in [1.82, 2.24) is 9.62 Å². The molecule has 0 aliphatic rings. The summed E-state index contributed by atoms with van der Waals surface area (Å²) in [4.78, 5) is 11.8. The van der Waals surface area contributed by atoms with Crippen LogP contribution in [0, 0.1) is 11.7 Å². The summed E-state index contributed by atoms with van der Waals surface area (Å²) >= 11 is 0. The van der Waals surface area contributed by atoms with Gasteiger partial charge in [0, 0.05) is 26.1 Å². The first-order valence-corrected chi connectivity index (χ1v) is 9.50. The van der Waals surface area contributed by atoms with E-state index < -0.39 is 10.0 Å². The maximum absolute atomic E-state index is 13.4. The van der Waals surface area contributed by atoms with Crippen molar-refractivity contribution in [3.05, 3.63) is 35.6 Å². The highest BCUT2D eigenvalue weighted by Gasteiger charge is 2.18. The zero-order chi connectivity index (χ0) is 17.5. The molecule has 0 radical (unpaired) electrons. The molecule has 0 atom stereocenters. The fourth-order valence-corrected chi connectivity index (χ4v) is 3.14. The van der Waals surface area contributed by atoms with E-state index in [4.69, 9.17) is 0 Å². The molecule has 23 heavy (non-hydrogen) atoms. The second kappa shape index (κ2) is 8.98.